The maximum Gasteiger partial charge on any atom is 0.305 e. The van der Waals surface area contributed by atoms with Crippen molar-refractivity contribution in [1.82, 2.24) is 4.98 Å². The first-order valence-corrected chi connectivity index (χ1v) is 6.06. The number of ether oxygens (including phenoxy) is 1. The summed E-state index contributed by atoms with van der Waals surface area (Å²) in [5, 5.41) is 22.4. The lowest BCUT2D eigenvalue weighted by molar-refractivity contribution is -0.385. The van der Waals surface area contributed by atoms with Crippen molar-refractivity contribution in [3.8, 4) is 6.07 Å². The summed E-state index contributed by atoms with van der Waals surface area (Å²) in [6.07, 6.45) is 1.80. The molecule has 1 N–H and O–H groups in total. The Labute approximate surface area is 111 Å². The Kier molecular flexibility index (Phi) is 6.26. The molecule has 0 aliphatic heterocycles. The fraction of sp³-hybridized carbons (Fsp3) is 0.500. The number of hydrogen-bond donors (Lipinski definition) is 1. The minimum absolute atomic E-state index is 0.183. The van der Waals surface area contributed by atoms with Gasteiger partial charge in [-0.25, -0.2) is 4.98 Å². The molecule has 0 spiro atoms. The van der Waals surface area contributed by atoms with Crippen molar-refractivity contribution in [3.05, 3.63) is 27.9 Å². The highest BCUT2D eigenvalue weighted by atomic mass is 16.6. The summed E-state index contributed by atoms with van der Waals surface area (Å²) in [5.74, 6) is 0.456. The van der Waals surface area contributed by atoms with Crippen LogP contribution in [0.5, 0.6) is 0 Å². The van der Waals surface area contributed by atoms with Crippen LogP contribution in [0.3, 0.4) is 0 Å². The van der Waals surface area contributed by atoms with E-state index in [1.807, 2.05) is 6.92 Å². The molecular formula is C12H16N4O3. The van der Waals surface area contributed by atoms with Crippen LogP contribution in [0.2, 0.25) is 0 Å². The van der Waals surface area contributed by atoms with Crippen LogP contribution in [-0.4, -0.2) is 29.7 Å². The largest absolute Gasteiger partial charge is 0.381 e. The molecule has 0 aliphatic rings. The summed E-state index contributed by atoms with van der Waals surface area (Å²) < 4.78 is 5.31. The average molecular weight is 264 g/mol. The van der Waals surface area contributed by atoms with E-state index >= 15 is 0 Å². The molecule has 19 heavy (non-hydrogen) atoms. The minimum atomic E-state index is -0.617. The van der Waals surface area contributed by atoms with Crippen LogP contribution in [0.1, 0.15) is 25.5 Å². The van der Waals surface area contributed by atoms with E-state index in [1.165, 1.54) is 12.1 Å². The average Bonchev–Trinajstić information content (AvgIpc) is 2.42. The summed E-state index contributed by atoms with van der Waals surface area (Å²) in [7, 11) is 0. The molecule has 7 heteroatoms. The second-order valence-electron chi connectivity index (χ2n) is 3.83. The van der Waals surface area contributed by atoms with Gasteiger partial charge in [-0.3, -0.25) is 10.1 Å². The van der Waals surface area contributed by atoms with Gasteiger partial charge in [-0.15, -0.1) is 0 Å². The normalized spacial score (nSPS) is 9.89. The molecule has 1 rings (SSSR count). The molecule has 0 atom stereocenters. The third-order valence-electron chi connectivity index (χ3n) is 2.30. The third-order valence-corrected chi connectivity index (χ3v) is 2.30. The number of rotatable bonds is 8. The monoisotopic (exact) mass is 264 g/mol. The fourth-order valence-electron chi connectivity index (χ4n) is 1.42. The smallest absolute Gasteiger partial charge is 0.305 e. The van der Waals surface area contributed by atoms with E-state index in [0.717, 1.165) is 19.4 Å². The van der Waals surface area contributed by atoms with Gasteiger partial charge in [-0.05, 0) is 18.9 Å². The van der Waals surface area contributed by atoms with Crippen molar-refractivity contribution in [2.45, 2.75) is 19.8 Å². The molecule has 1 aromatic rings. The number of nitriles is 1. The topological polar surface area (TPSA) is 101 Å². The number of pyridine rings is 1. The molecule has 0 saturated carbocycles. The molecule has 0 fully saturated rings. The van der Waals surface area contributed by atoms with Gasteiger partial charge in [0.1, 0.15) is 11.9 Å². The molecule has 0 aromatic carbocycles. The number of nitrogens with one attached hydrogen (secondary N) is 1. The van der Waals surface area contributed by atoms with Crippen LogP contribution in [-0.2, 0) is 4.74 Å². The van der Waals surface area contributed by atoms with Gasteiger partial charge in [-0.2, -0.15) is 5.26 Å². The number of nitro groups is 1. The second-order valence-corrected chi connectivity index (χ2v) is 3.83. The number of anilines is 1. The van der Waals surface area contributed by atoms with Gasteiger partial charge >= 0.3 is 5.69 Å². The van der Waals surface area contributed by atoms with E-state index < -0.39 is 4.92 Å². The minimum Gasteiger partial charge on any atom is -0.381 e. The van der Waals surface area contributed by atoms with Gasteiger partial charge in [0.15, 0.2) is 0 Å². The van der Waals surface area contributed by atoms with Gasteiger partial charge in [-0.1, -0.05) is 6.92 Å². The predicted octanol–water partition coefficient (Wildman–Crippen LogP) is 2.09. The molecule has 0 aliphatic carbocycles. The lowest BCUT2D eigenvalue weighted by Crippen LogP contribution is -2.08. The fourth-order valence-corrected chi connectivity index (χ4v) is 1.42. The van der Waals surface area contributed by atoms with Crippen LogP contribution >= 0.6 is 0 Å². The van der Waals surface area contributed by atoms with Gasteiger partial charge in [0.05, 0.1) is 4.92 Å². The Morgan fingerprint density at radius 2 is 2.32 bits per heavy atom. The maximum absolute atomic E-state index is 10.6. The van der Waals surface area contributed by atoms with E-state index in [0.29, 0.717) is 19.0 Å². The van der Waals surface area contributed by atoms with Crippen molar-refractivity contribution in [1.29, 1.82) is 5.26 Å². The zero-order chi connectivity index (χ0) is 14.1. The van der Waals surface area contributed by atoms with Gasteiger partial charge in [0.2, 0.25) is 5.69 Å². The quantitative estimate of drug-likeness (QED) is 0.438. The Hall–Kier alpha value is -2.20. The van der Waals surface area contributed by atoms with Crippen LogP contribution in [0, 0.1) is 21.4 Å². The van der Waals surface area contributed by atoms with Crippen molar-refractivity contribution in [2.24, 2.45) is 0 Å². The Morgan fingerprint density at radius 3 is 2.95 bits per heavy atom. The van der Waals surface area contributed by atoms with Crippen molar-refractivity contribution in [3.63, 3.8) is 0 Å². The molecule has 0 unspecified atom stereocenters. The van der Waals surface area contributed by atoms with Crippen molar-refractivity contribution < 1.29 is 9.66 Å². The molecule has 7 nitrogen and oxygen atoms in total. The molecule has 0 saturated heterocycles. The third kappa shape index (κ3) is 4.89. The summed E-state index contributed by atoms with van der Waals surface area (Å²) in [6.45, 7) is 4.08. The SMILES string of the molecule is CCCOCCCNc1ccc([N+](=O)[O-])c(C#N)n1. The molecule has 0 bridgehead atoms. The first kappa shape index (κ1) is 14.9. The van der Waals surface area contributed by atoms with E-state index in [2.05, 4.69) is 10.3 Å². The summed E-state index contributed by atoms with van der Waals surface area (Å²) in [5.41, 5.74) is -0.462. The number of aromatic nitrogens is 1. The second kappa shape index (κ2) is 8.00. The van der Waals surface area contributed by atoms with Gasteiger partial charge in [0.25, 0.3) is 0 Å². The van der Waals surface area contributed by atoms with Crippen molar-refractivity contribution in [2.75, 3.05) is 25.1 Å². The number of hydrogen-bond acceptors (Lipinski definition) is 6. The Bertz CT molecular complexity index is 471. The summed E-state index contributed by atoms with van der Waals surface area (Å²) in [6, 6.07) is 4.49. The molecule has 0 radical (unpaired) electrons. The standard InChI is InChI=1S/C12H16N4O3/c1-2-7-19-8-3-6-14-12-5-4-11(16(17)18)10(9-13)15-12/h4-5H,2-3,6-8H2,1H3,(H,14,15). The molecule has 1 heterocycles. The van der Waals surface area contributed by atoms with E-state index in [4.69, 9.17) is 10.00 Å². The van der Waals surface area contributed by atoms with Crippen molar-refractivity contribution >= 4 is 11.5 Å². The Morgan fingerprint density at radius 1 is 1.53 bits per heavy atom. The van der Waals surface area contributed by atoms with Gasteiger partial charge in [0, 0.05) is 25.8 Å². The van der Waals surface area contributed by atoms with Crippen LogP contribution < -0.4 is 5.32 Å². The molecule has 102 valence electrons. The first-order chi connectivity index (χ1) is 9.19. The van der Waals surface area contributed by atoms with E-state index in [-0.39, 0.29) is 11.4 Å². The molecule has 0 amide bonds. The van der Waals surface area contributed by atoms with Crippen LogP contribution in [0.15, 0.2) is 12.1 Å². The van der Waals surface area contributed by atoms with Gasteiger partial charge < -0.3 is 10.1 Å². The lowest BCUT2D eigenvalue weighted by atomic mass is 10.3. The zero-order valence-electron chi connectivity index (χ0n) is 10.8. The molecular weight excluding hydrogens is 248 g/mol. The van der Waals surface area contributed by atoms with E-state index in [9.17, 15) is 10.1 Å². The maximum atomic E-state index is 10.6. The Balaban J connectivity index is 2.47. The summed E-state index contributed by atoms with van der Waals surface area (Å²) >= 11 is 0. The highest BCUT2D eigenvalue weighted by Gasteiger charge is 2.15. The zero-order valence-corrected chi connectivity index (χ0v) is 10.8. The van der Waals surface area contributed by atoms with Crippen LogP contribution in [0.4, 0.5) is 11.5 Å². The highest BCUT2D eigenvalue weighted by molar-refractivity contribution is 5.50. The highest BCUT2D eigenvalue weighted by Crippen LogP contribution is 2.17. The number of nitrogens with zero attached hydrogens (tertiary/aromatic N) is 3. The first-order valence-electron chi connectivity index (χ1n) is 6.06. The molecule has 1 aromatic heterocycles. The van der Waals surface area contributed by atoms with E-state index in [1.54, 1.807) is 6.07 Å². The summed E-state index contributed by atoms with van der Waals surface area (Å²) in [4.78, 5) is 13.9. The predicted molar refractivity (Wildman–Crippen MR) is 69.8 cm³/mol. The lowest BCUT2D eigenvalue weighted by Gasteiger charge is -2.06. The van der Waals surface area contributed by atoms with Crippen LogP contribution in [0.25, 0.3) is 0 Å².